The highest BCUT2D eigenvalue weighted by molar-refractivity contribution is 5.85. The molecule has 0 spiro atoms. The van der Waals surface area contributed by atoms with Crippen LogP contribution in [0.1, 0.15) is 26.2 Å². The topological polar surface area (TPSA) is 46.6 Å². The summed E-state index contributed by atoms with van der Waals surface area (Å²) >= 11 is 0. The minimum atomic E-state index is -0.286. The molecule has 1 aliphatic carbocycles. The molecular weight excluding hydrogens is 194 g/mol. The van der Waals surface area contributed by atoms with Crippen molar-refractivity contribution in [2.75, 3.05) is 19.7 Å². The van der Waals surface area contributed by atoms with Gasteiger partial charge in [0.25, 0.3) is 0 Å². The van der Waals surface area contributed by atoms with Gasteiger partial charge in [0.2, 0.25) is 5.91 Å². The molecule has 2 atom stereocenters. The SMILES string of the molecule is CCOC(=O)CN1CC2CCCC2C1=O. The van der Waals surface area contributed by atoms with Gasteiger partial charge in [0.15, 0.2) is 0 Å². The third-order valence-electron chi connectivity index (χ3n) is 3.37. The summed E-state index contributed by atoms with van der Waals surface area (Å²) in [6.45, 7) is 3.05. The molecule has 84 valence electrons. The maximum absolute atomic E-state index is 11.8. The monoisotopic (exact) mass is 211 g/mol. The first kappa shape index (κ1) is 10.5. The Morgan fingerprint density at radius 1 is 1.53 bits per heavy atom. The van der Waals surface area contributed by atoms with Gasteiger partial charge in [-0.05, 0) is 25.7 Å². The summed E-state index contributed by atoms with van der Waals surface area (Å²) < 4.78 is 4.84. The third kappa shape index (κ3) is 1.98. The van der Waals surface area contributed by atoms with Gasteiger partial charge in [0.1, 0.15) is 6.54 Å². The van der Waals surface area contributed by atoms with Gasteiger partial charge in [-0.15, -0.1) is 0 Å². The Morgan fingerprint density at radius 3 is 3.00 bits per heavy atom. The molecule has 15 heavy (non-hydrogen) atoms. The van der Waals surface area contributed by atoms with Crippen LogP contribution in [0.15, 0.2) is 0 Å². The fraction of sp³-hybridized carbons (Fsp3) is 0.818. The number of ether oxygens (including phenoxy) is 1. The molecule has 0 aromatic carbocycles. The zero-order valence-electron chi connectivity index (χ0n) is 9.07. The Labute approximate surface area is 89.6 Å². The second-order valence-corrected chi connectivity index (χ2v) is 4.32. The van der Waals surface area contributed by atoms with Crippen molar-refractivity contribution in [2.24, 2.45) is 11.8 Å². The zero-order chi connectivity index (χ0) is 10.8. The molecule has 0 aromatic rings. The van der Waals surface area contributed by atoms with Crippen molar-refractivity contribution < 1.29 is 14.3 Å². The van der Waals surface area contributed by atoms with Gasteiger partial charge in [-0.2, -0.15) is 0 Å². The molecule has 1 saturated carbocycles. The highest BCUT2D eigenvalue weighted by Gasteiger charge is 2.43. The van der Waals surface area contributed by atoms with Crippen LogP contribution in [0.25, 0.3) is 0 Å². The van der Waals surface area contributed by atoms with Crippen LogP contribution in [0.3, 0.4) is 0 Å². The quantitative estimate of drug-likeness (QED) is 0.649. The largest absolute Gasteiger partial charge is 0.465 e. The highest BCUT2D eigenvalue weighted by Crippen LogP contribution is 2.38. The number of nitrogens with zero attached hydrogens (tertiary/aromatic N) is 1. The highest BCUT2D eigenvalue weighted by atomic mass is 16.5. The summed E-state index contributed by atoms with van der Waals surface area (Å²) in [4.78, 5) is 24.8. The van der Waals surface area contributed by atoms with E-state index in [9.17, 15) is 9.59 Å². The van der Waals surface area contributed by atoms with Crippen molar-refractivity contribution in [2.45, 2.75) is 26.2 Å². The predicted molar refractivity (Wildman–Crippen MR) is 54.0 cm³/mol. The van der Waals surface area contributed by atoms with Gasteiger partial charge in [-0.1, -0.05) is 6.42 Å². The van der Waals surface area contributed by atoms with Gasteiger partial charge < -0.3 is 9.64 Å². The molecule has 2 fully saturated rings. The predicted octanol–water partition coefficient (Wildman–Crippen LogP) is 0.808. The van der Waals surface area contributed by atoms with E-state index in [2.05, 4.69) is 0 Å². The first-order chi connectivity index (χ1) is 7.22. The van der Waals surface area contributed by atoms with Crippen molar-refractivity contribution in [1.82, 2.24) is 4.90 Å². The summed E-state index contributed by atoms with van der Waals surface area (Å²) in [5, 5.41) is 0. The molecule has 2 unspecified atom stereocenters. The van der Waals surface area contributed by atoms with Crippen molar-refractivity contribution in [3.63, 3.8) is 0 Å². The number of amides is 1. The average Bonchev–Trinajstić information content (AvgIpc) is 2.72. The third-order valence-corrected chi connectivity index (χ3v) is 3.37. The van der Waals surface area contributed by atoms with E-state index in [0.717, 1.165) is 25.8 Å². The van der Waals surface area contributed by atoms with Crippen LogP contribution in [0.4, 0.5) is 0 Å². The maximum atomic E-state index is 11.8. The van der Waals surface area contributed by atoms with Crippen LogP contribution in [-0.2, 0) is 14.3 Å². The van der Waals surface area contributed by atoms with Gasteiger partial charge in [-0.25, -0.2) is 0 Å². The fourth-order valence-electron chi connectivity index (χ4n) is 2.69. The fourth-order valence-corrected chi connectivity index (χ4v) is 2.69. The van der Waals surface area contributed by atoms with Crippen LogP contribution in [0, 0.1) is 11.8 Å². The molecule has 0 aromatic heterocycles. The molecule has 1 aliphatic heterocycles. The van der Waals surface area contributed by atoms with E-state index in [1.165, 1.54) is 0 Å². The minimum absolute atomic E-state index is 0.139. The van der Waals surface area contributed by atoms with E-state index in [1.807, 2.05) is 0 Å². The molecule has 4 nitrogen and oxygen atoms in total. The molecule has 2 aliphatic rings. The van der Waals surface area contributed by atoms with Crippen LogP contribution in [0.2, 0.25) is 0 Å². The van der Waals surface area contributed by atoms with E-state index in [0.29, 0.717) is 12.5 Å². The maximum Gasteiger partial charge on any atom is 0.325 e. The van der Waals surface area contributed by atoms with E-state index < -0.39 is 0 Å². The molecule has 0 N–H and O–H groups in total. The number of hydrogen-bond acceptors (Lipinski definition) is 3. The van der Waals surface area contributed by atoms with Crippen molar-refractivity contribution >= 4 is 11.9 Å². The standard InChI is InChI=1S/C11H17NO3/c1-2-15-10(13)7-12-6-8-4-3-5-9(8)11(12)14/h8-9H,2-7H2,1H3. The molecule has 0 bridgehead atoms. The lowest BCUT2D eigenvalue weighted by atomic mass is 10.0. The van der Waals surface area contributed by atoms with E-state index in [-0.39, 0.29) is 24.3 Å². The Morgan fingerprint density at radius 2 is 2.33 bits per heavy atom. The second-order valence-electron chi connectivity index (χ2n) is 4.32. The zero-order valence-corrected chi connectivity index (χ0v) is 9.07. The molecular formula is C11H17NO3. The van der Waals surface area contributed by atoms with Crippen LogP contribution in [-0.4, -0.2) is 36.5 Å². The number of fused-ring (bicyclic) bond motifs is 1. The lowest BCUT2D eigenvalue weighted by molar-refractivity contribution is -0.148. The number of carbonyl (C=O) groups excluding carboxylic acids is 2. The smallest absolute Gasteiger partial charge is 0.325 e. The number of likely N-dealkylation sites (tertiary alicyclic amines) is 1. The lowest BCUT2D eigenvalue weighted by Gasteiger charge is -2.15. The summed E-state index contributed by atoms with van der Waals surface area (Å²) in [5.74, 6) is 0.558. The van der Waals surface area contributed by atoms with Crippen LogP contribution >= 0.6 is 0 Å². The number of hydrogen-bond donors (Lipinski definition) is 0. The van der Waals surface area contributed by atoms with Crippen LogP contribution < -0.4 is 0 Å². The second kappa shape index (κ2) is 4.21. The molecule has 2 rings (SSSR count). The summed E-state index contributed by atoms with van der Waals surface area (Å²) in [5.41, 5.74) is 0. The van der Waals surface area contributed by atoms with Gasteiger partial charge in [0, 0.05) is 12.5 Å². The van der Waals surface area contributed by atoms with E-state index in [1.54, 1.807) is 11.8 Å². The number of esters is 1. The minimum Gasteiger partial charge on any atom is -0.465 e. The Bertz CT molecular complexity index is 277. The van der Waals surface area contributed by atoms with Crippen molar-refractivity contribution in [3.05, 3.63) is 0 Å². The molecule has 1 heterocycles. The van der Waals surface area contributed by atoms with Gasteiger partial charge >= 0.3 is 5.97 Å². The van der Waals surface area contributed by atoms with E-state index >= 15 is 0 Å². The lowest BCUT2D eigenvalue weighted by Crippen LogP contribution is -2.33. The summed E-state index contributed by atoms with van der Waals surface area (Å²) in [7, 11) is 0. The Kier molecular flexibility index (Phi) is 2.93. The first-order valence-corrected chi connectivity index (χ1v) is 5.66. The van der Waals surface area contributed by atoms with Crippen LogP contribution in [0.5, 0.6) is 0 Å². The van der Waals surface area contributed by atoms with Crippen molar-refractivity contribution in [3.8, 4) is 0 Å². The molecule has 1 amide bonds. The first-order valence-electron chi connectivity index (χ1n) is 5.66. The normalized spacial score (nSPS) is 29.4. The Balaban J connectivity index is 1.90. The Hall–Kier alpha value is -1.06. The van der Waals surface area contributed by atoms with Gasteiger partial charge in [-0.3, -0.25) is 9.59 Å². The summed E-state index contributed by atoms with van der Waals surface area (Å²) in [6.07, 6.45) is 3.30. The van der Waals surface area contributed by atoms with Crippen molar-refractivity contribution in [1.29, 1.82) is 0 Å². The van der Waals surface area contributed by atoms with Gasteiger partial charge in [0.05, 0.1) is 6.61 Å². The summed E-state index contributed by atoms with van der Waals surface area (Å²) in [6, 6.07) is 0. The van der Waals surface area contributed by atoms with E-state index in [4.69, 9.17) is 4.74 Å². The number of carbonyl (C=O) groups is 2. The average molecular weight is 211 g/mol. The number of rotatable bonds is 3. The molecule has 0 radical (unpaired) electrons. The molecule has 4 heteroatoms. The molecule has 1 saturated heterocycles.